The number of hydrogen-bond acceptors (Lipinski definition) is 13. The first-order valence-electron chi connectivity index (χ1n) is 39.4. The van der Waals surface area contributed by atoms with Gasteiger partial charge in [0.15, 0.2) is 0 Å². The average Bonchev–Trinajstić information content (AvgIpc) is 1.27. The first-order chi connectivity index (χ1) is 49.8. The maximum Gasteiger partial charge on any atom is 0.394 e. The van der Waals surface area contributed by atoms with Crippen molar-refractivity contribution in [3.8, 4) is 0 Å². The second-order valence-electron chi connectivity index (χ2n) is 34.0. The van der Waals surface area contributed by atoms with Crippen molar-refractivity contribution < 1.29 is 75.4 Å². The normalized spacial score (nSPS) is 32.6. The largest absolute Gasteiger partial charge is 0.394 e. The van der Waals surface area contributed by atoms with Gasteiger partial charge in [0.2, 0.25) is 70.9 Å². The lowest BCUT2D eigenvalue weighted by Gasteiger charge is -2.54. The minimum absolute atomic E-state index is 0.00723. The molecule has 8 rings (SSSR count). The van der Waals surface area contributed by atoms with Gasteiger partial charge in [0.25, 0.3) is 0 Å². The summed E-state index contributed by atoms with van der Waals surface area (Å²) in [5.41, 5.74) is -2.10. The van der Waals surface area contributed by atoms with E-state index in [2.05, 4.69) is 22.9 Å². The van der Waals surface area contributed by atoms with Crippen molar-refractivity contribution in [2.75, 3.05) is 89.2 Å². The second kappa shape index (κ2) is 36.1. The number of ether oxygens (including phenoxy) is 1. The lowest BCUT2D eigenvalue weighted by atomic mass is 9.58. The Morgan fingerprint density at radius 1 is 0.651 bits per heavy atom. The summed E-state index contributed by atoms with van der Waals surface area (Å²) < 4.78 is 48.4. The highest BCUT2D eigenvalue weighted by Gasteiger charge is 2.59. The molecule has 3 heterocycles. The number of carbonyl (C=O) groups is 12. The number of hydrogen-bond donors (Lipinski definition) is 3. The van der Waals surface area contributed by atoms with Crippen LogP contribution in [-0.2, 0) is 62.3 Å². The summed E-state index contributed by atoms with van der Waals surface area (Å²) in [7, 11) is 11.5. The SMILES string of the molecule is CC[C@H](C)[C@@H]1NC(=O)[C@H](CC2CC2)N(C)C(=O)C[C@@H](C(=O)N(C)CC)N(C)C(=O)[C@H](C2CCCC2)N(C)C(=O)C2(CC(C)(C)C2)NC(=O)[C@@H]2C[C@H](C)CN2C(=O)[C@H](CCC2CCC(C(F)(F)F)C(OC)C2)NC(=O)CN(C)C(=O)[C@H](CC2CCC(C)CC2)N2CC/C=C\C[C@@H](C2=O)N(C)C(=O)CN(C)C1=O. The first kappa shape index (κ1) is 84.7. The van der Waals surface area contributed by atoms with Crippen LogP contribution in [0.1, 0.15) is 203 Å². The van der Waals surface area contributed by atoms with Crippen LogP contribution in [0.5, 0.6) is 0 Å². The zero-order chi connectivity index (χ0) is 78.2. The number of nitrogens with zero attached hydrogens (tertiary/aromatic N) is 9. The van der Waals surface area contributed by atoms with E-state index in [1.54, 1.807) is 27.0 Å². The smallest absolute Gasteiger partial charge is 0.381 e. The zero-order valence-electron chi connectivity index (χ0n) is 65.9. The predicted molar refractivity (Wildman–Crippen MR) is 392 cm³/mol. The van der Waals surface area contributed by atoms with Gasteiger partial charge in [0, 0.05) is 76.1 Å². The molecular weight excluding hydrogens is 1370 g/mol. The summed E-state index contributed by atoms with van der Waals surface area (Å²) in [6.45, 7) is 12.5. The number of halogens is 3. The Morgan fingerprint density at radius 2 is 1.26 bits per heavy atom. The molecule has 2 bridgehead atoms. The Bertz CT molecular complexity index is 3200. The number of rotatable bonds is 13. The highest BCUT2D eigenvalue weighted by molar-refractivity contribution is 6.01. The summed E-state index contributed by atoms with van der Waals surface area (Å²) in [5, 5.41) is 8.99. The third-order valence-electron chi connectivity index (χ3n) is 25.2. The third kappa shape index (κ3) is 20.3. The number of methoxy groups -OCH3 is 1. The molecule has 0 aromatic carbocycles. The van der Waals surface area contributed by atoms with Crippen molar-refractivity contribution in [3.63, 3.8) is 0 Å². The van der Waals surface area contributed by atoms with Gasteiger partial charge < -0.3 is 64.8 Å². The number of amides is 12. The van der Waals surface area contributed by atoms with Crippen LogP contribution in [-0.4, -0.2) is 270 Å². The molecule has 3 N–H and O–H groups in total. The fraction of sp³-hybridized carbons (Fsp3) is 0.821. The number of likely N-dealkylation sites (N-methyl/N-ethyl adjacent to an activating group) is 7. The lowest BCUT2D eigenvalue weighted by Crippen LogP contribution is -2.71. The van der Waals surface area contributed by atoms with E-state index in [4.69, 9.17) is 4.74 Å². The van der Waals surface area contributed by atoms with Gasteiger partial charge in [-0.1, -0.05) is 111 Å². The van der Waals surface area contributed by atoms with Gasteiger partial charge in [-0.25, -0.2) is 0 Å². The Morgan fingerprint density at radius 3 is 1.86 bits per heavy atom. The number of nitrogens with one attached hydrogen (secondary N) is 3. The summed E-state index contributed by atoms with van der Waals surface area (Å²) in [5.74, 6) is -10.1. The van der Waals surface area contributed by atoms with Crippen LogP contribution in [0.25, 0.3) is 0 Å². The molecule has 2 saturated heterocycles. The van der Waals surface area contributed by atoms with E-state index in [0.717, 1.165) is 51.4 Å². The Balaban J connectivity index is 1.20. The maximum absolute atomic E-state index is 15.8. The van der Waals surface area contributed by atoms with Crippen LogP contribution in [0.15, 0.2) is 12.2 Å². The molecule has 5 aliphatic carbocycles. The van der Waals surface area contributed by atoms with E-state index < -0.39 is 180 Å². The van der Waals surface area contributed by atoms with Gasteiger partial charge in [-0.3, -0.25) is 57.5 Å². The molecule has 8 aliphatic rings. The minimum atomic E-state index is -4.51. The van der Waals surface area contributed by atoms with Crippen molar-refractivity contribution >= 4 is 70.9 Å². The van der Waals surface area contributed by atoms with E-state index in [1.165, 1.54) is 93.5 Å². The summed E-state index contributed by atoms with van der Waals surface area (Å²) in [6, 6.07) is -9.76. The minimum Gasteiger partial charge on any atom is -0.381 e. The fourth-order valence-corrected chi connectivity index (χ4v) is 18.2. The van der Waals surface area contributed by atoms with Crippen molar-refractivity contribution in [3.05, 3.63) is 12.2 Å². The summed E-state index contributed by atoms with van der Waals surface area (Å²) >= 11 is 0. The van der Waals surface area contributed by atoms with E-state index in [0.29, 0.717) is 31.6 Å². The summed E-state index contributed by atoms with van der Waals surface area (Å²) in [4.78, 5) is 195. The number of fused-ring (bicyclic) bond motifs is 3. The molecule has 13 atom stereocenters. The Labute approximate surface area is 626 Å². The molecular formula is C78H125F3N12O13. The molecule has 0 radical (unpaired) electrons. The van der Waals surface area contributed by atoms with Crippen LogP contribution < -0.4 is 16.0 Å². The maximum atomic E-state index is 15.8. The molecule has 106 heavy (non-hydrogen) atoms. The fourth-order valence-electron chi connectivity index (χ4n) is 18.2. The molecule has 596 valence electrons. The van der Waals surface area contributed by atoms with Crippen molar-refractivity contribution in [1.82, 2.24) is 60.0 Å². The molecule has 5 saturated carbocycles. The number of carbonyl (C=O) groups excluding carboxylic acids is 12. The standard InChI is InChI=1S/C78H125F3N12O13/c1-16-49(5)65-73(103)87(10)44-64(96)88(11)56-25-19-18-22-36-92(72(56)102)60(39-50-28-26-47(3)27-29-50)71(101)86(9)43-62(94)82-55(35-33-52-32-34-54(78(79,80)81)61(40-52)106-15)69(99)93-42-48(4)37-58(93)68(98)84-77(45-76(6,7)46-77)75(105)91(14)66(53-23-20-21-24-53)74(104)90(13)59(70(100)85(8)17-2)41-63(95)89(12)57(67(97)83-65)38-51-30-31-51/h18-19,47-61,65-66H,16-17,20-46H2,1-15H3,(H,82,94)(H,83,97)(H,84,98)/b19-18-/t47?,48-,49-,50?,52?,54?,55-,56-,57-,58-,59-,60-,61?,65-,66-/m0/s1. The van der Waals surface area contributed by atoms with E-state index in [-0.39, 0.29) is 114 Å². The van der Waals surface area contributed by atoms with Gasteiger partial charge in [0.1, 0.15) is 53.9 Å². The van der Waals surface area contributed by atoms with Gasteiger partial charge in [0.05, 0.1) is 31.5 Å². The van der Waals surface area contributed by atoms with Crippen molar-refractivity contribution in [2.45, 2.75) is 269 Å². The monoisotopic (exact) mass is 1490 g/mol. The van der Waals surface area contributed by atoms with Gasteiger partial charge >= 0.3 is 6.18 Å². The Kier molecular flexibility index (Phi) is 28.9. The molecule has 3 unspecified atom stereocenters. The van der Waals surface area contributed by atoms with E-state index in [1.807, 2.05) is 33.8 Å². The topological polar surface area (TPSA) is 279 Å². The molecule has 3 aliphatic heterocycles. The van der Waals surface area contributed by atoms with Crippen molar-refractivity contribution in [1.29, 1.82) is 0 Å². The lowest BCUT2D eigenvalue weighted by molar-refractivity contribution is -0.215. The van der Waals surface area contributed by atoms with Gasteiger partial charge in [-0.15, -0.1) is 0 Å². The molecule has 25 nitrogen and oxygen atoms in total. The Hall–Kier alpha value is -6.87. The molecule has 1 spiro atoms. The van der Waals surface area contributed by atoms with E-state index >= 15 is 33.6 Å². The first-order valence-corrected chi connectivity index (χ1v) is 39.4. The van der Waals surface area contributed by atoms with Crippen LogP contribution in [0.4, 0.5) is 13.2 Å². The summed E-state index contributed by atoms with van der Waals surface area (Å²) in [6.07, 6.45) is 6.78. The highest BCUT2D eigenvalue weighted by atomic mass is 19.4. The van der Waals surface area contributed by atoms with Gasteiger partial charge in [-0.2, -0.15) is 13.2 Å². The number of alkyl halides is 3. The van der Waals surface area contributed by atoms with Gasteiger partial charge in [-0.05, 0) is 144 Å². The van der Waals surface area contributed by atoms with E-state index in [9.17, 15) is 37.1 Å². The molecule has 7 fully saturated rings. The van der Waals surface area contributed by atoms with Crippen LogP contribution in [0.3, 0.4) is 0 Å². The van der Waals surface area contributed by atoms with Crippen molar-refractivity contribution in [2.24, 2.45) is 52.8 Å². The third-order valence-corrected chi connectivity index (χ3v) is 25.2. The second-order valence-corrected chi connectivity index (χ2v) is 34.0. The molecule has 28 heteroatoms. The zero-order valence-corrected chi connectivity index (χ0v) is 65.9. The predicted octanol–water partition coefficient (Wildman–Crippen LogP) is 6.55. The van der Waals surface area contributed by atoms with Crippen LogP contribution in [0.2, 0.25) is 0 Å². The molecule has 12 amide bonds. The quantitative estimate of drug-likeness (QED) is 0.165. The molecule has 0 aromatic heterocycles. The van der Waals surface area contributed by atoms with Crippen LogP contribution in [0, 0.1) is 52.8 Å². The highest BCUT2D eigenvalue weighted by Crippen LogP contribution is 2.50. The molecule has 0 aromatic rings. The van der Waals surface area contributed by atoms with Crippen LogP contribution >= 0.6 is 0 Å². The average molecular weight is 1500 g/mol.